The number of rotatable bonds is 3. The maximum Gasteiger partial charge on any atom is 0.240 e. The van der Waals surface area contributed by atoms with Crippen LogP contribution in [-0.2, 0) is 4.79 Å². The normalized spacial score (nSPS) is 26.8. The van der Waals surface area contributed by atoms with Gasteiger partial charge in [-0.3, -0.25) is 9.69 Å². The zero-order valence-corrected chi connectivity index (χ0v) is 14.6. The molecular weight excluding hydrogens is 297 g/mol. The number of carbonyl (C=O) groups is 1. The Labute approximate surface area is 135 Å². The number of amides is 1. The van der Waals surface area contributed by atoms with E-state index in [0.717, 1.165) is 19.5 Å². The largest absolute Gasteiger partial charge is 0.340 e. The average Bonchev–Trinajstić information content (AvgIpc) is 2.56. The highest BCUT2D eigenvalue weighted by molar-refractivity contribution is 5.85. The topological polar surface area (TPSA) is 35.6 Å². The summed E-state index contributed by atoms with van der Waals surface area (Å²) in [7, 11) is 4.01. The maximum absolute atomic E-state index is 12.7. The second kappa shape index (κ2) is 8.42. The third-order valence-electron chi connectivity index (χ3n) is 4.28. The zero-order chi connectivity index (χ0) is 13.3. The minimum Gasteiger partial charge on any atom is -0.340 e. The smallest absolute Gasteiger partial charge is 0.240 e. The first-order chi connectivity index (χ1) is 8.49. The van der Waals surface area contributed by atoms with Crippen molar-refractivity contribution in [2.75, 3.05) is 27.2 Å². The summed E-state index contributed by atoms with van der Waals surface area (Å²) in [5.41, 5.74) is 0. The SMILES string of the molecule is CC(C)C(C(=O)N1CCC2CCC(C1)N2)N(C)C.Cl.Cl. The van der Waals surface area contributed by atoms with E-state index in [0.29, 0.717) is 23.9 Å². The molecule has 2 bridgehead atoms. The number of nitrogens with zero attached hydrogens (tertiary/aromatic N) is 2. The predicted molar refractivity (Wildman–Crippen MR) is 88.0 cm³/mol. The number of halogens is 2. The lowest BCUT2D eigenvalue weighted by Crippen LogP contribution is -2.50. The Hall–Kier alpha value is -0.0300. The van der Waals surface area contributed by atoms with E-state index >= 15 is 0 Å². The molecule has 2 fully saturated rings. The third kappa shape index (κ3) is 4.48. The van der Waals surface area contributed by atoms with Gasteiger partial charge in [0, 0.05) is 25.2 Å². The molecule has 2 rings (SSSR count). The fourth-order valence-electron chi connectivity index (χ4n) is 3.43. The Kier molecular flexibility index (Phi) is 8.41. The molecule has 0 aromatic heterocycles. The minimum absolute atomic E-state index is 0. The second-order valence-electron chi connectivity index (χ2n) is 6.36. The molecule has 4 nitrogen and oxygen atoms in total. The Morgan fingerprint density at radius 3 is 2.30 bits per heavy atom. The van der Waals surface area contributed by atoms with Gasteiger partial charge in [-0.2, -0.15) is 0 Å². The number of likely N-dealkylation sites (N-methyl/N-ethyl adjacent to an activating group) is 1. The van der Waals surface area contributed by atoms with Gasteiger partial charge in [-0.25, -0.2) is 0 Å². The summed E-state index contributed by atoms with van der Waals surface area (Å²) in [6.45, 7) is 6.08. The van der Waals surface area contributed by atoms with E-state index in [4.69, 9.17) is 0 Å². The van der Waals surface area contributed by atoms with E-state index < -0.39 is 0 Å². The minimum atomic E-state index is 0. The lowest BCUT2D eigenvalue weighted by molar-refractivity contribution is -0.137. The van der Waals surface area contributed by atoms with Gasteiger partial charge in [-0.15, -0.1) is 24.8 Å². The van der Waals surface area contributed by atoms with Crippen LogP contribution in [0.15, 0.2) is 0 Å². The van der Waals surface area contributed by atoms with Gasteiger partial charge < -0.3 is 10.2 Å². The van der Waals surface area contributed by atoms with E-state index in [1.807, 2.05) is 14.1 Å². The Bertz CT molecular complexity index is 305. The van der Waals surface area contributed by atoms with Gasteiger partial charge in [0.15, 0.2) is 0 Å². The fraction of sp³-hybridized carbons (Fsp3) is 0.929. The van der Waals surface area contributed by atoms with Crippen molar-refractivity contribution >= 4 is 30.7 Å². The van der Waals surface area contributed by atoms with Gasteiger partial charge in [0.2, 0.25) is 5.91 Å². The summed E-state index contributed by atoms with van der Waals surface area (Å²) in [4.78, 5) is 16.8. The van der Waals surface area contributed by atoms with Gasteiger partial charge in [-0.1, -0.05) is 13.8 Å². The molecule has 1 amide bonds. The Balaban J connectivity index is 0.00000180. The fourth-order valence-corrected chi connectivity index (χ4v) is 3.43. The first-order valence-corrected chi connectivity index (χ1v) is 7.20. The maximum atomic E-state index is 12.7. The number of nitrogens with one attached hydrogen (secondary N) is 1. The van der Waals surface area contributed by atoms with Crippen LogP contribution in [0.25, 0.3) is 0 Å². The number of likely N-dealkylation sites (tertiary alicyclic amines) is 1. The summed E-state index contributed by atoms with van der Waals surface area (Å²) in [5, 5.41) is 3.63. The first-order valence-electron chi connectivity index (χ1n) is 7.20. The molecular formula is C14H29Cl2N3O. The summed E-state index contributed by atoms with van der Waals surface area (Å²) in [6, 6.07) is 1.18. The van der Waals surface area contributed by atoms with E-state index in [1.54, 1.807) is 0 Å². The van der Waals surface area contributed by atoms with Crippen molar-refractivity contribution < 1.29 is 4.79 Å². The first kappa shape index (κ1) is 20.0. The van der Waals surface area contributed by atoms with Crippen molar-refractivity contribution in [3.8, 4) is 0 Å². The molecule has 0 aliphatic carbocycles. The molecule has 2 saturated heterocycles. The van der Waals surface area contributed by atoms with Crippen molar-refractivity contribution in [1.29, 1.82) is 0 Å². The van der Waals surface area contributed by atoms with Gasteiger partial charge in [0.25, 0.3) is 0 Å². The van der Waals surface area contributed by atoms with Crippen molar-refractivity contribution in [3.63, 3.8) is 0 Å². The van der Waals surface area contributed by atoms with Crippen molar-refractivity contribution in [2.24, 2.45) is 5.92 Å². The van der Waals surface area contributed by atoms with Gasteiger partial charge in [-0.05, 0) is 39.3 Å². The molecule has 2 aliphatic rings. The standard InChI is InChI=1S/C14H27N3O.2ClH/c1-10(2)13(16(3)4)14(18)17-8-7-11-5-6-12(9-17)15-11;;/h10-13,15H,5-9H2,1-4H3;2*1H. The highest BCUT2D eigenvalue weighted by Gasteiger charge is 2.35. The molecule has 20 heavy (non-hydrogen) atoms. The van der Waals surface area contributed by atoms with Gasteiger partial charge >= 0.3 is 0 Å². The quantitative estimate of drug-likeness (QED) is 0.859. The molecule has 0 aromatic rings. The van der Waals surface area contributed by atoms with Crippen molar-refractivity contribution in [2.45, 2.75) is 51.2 Å². The van der Waals surface area contributed by atoms with Crippen LogP contribution in [-0.4, -0.2) is 61.0 Å². The molecule has 0 spiro atoms. The molecule has 0 saturated carbocycles. The van der Waals surface area contributed by atoms with Crippen LogP contribution < -0.4 is 5.32 Å². The summed E-state index contributed by atoms with van der Waals surface area (Å²) >= 11 is 0. The molecule has 0 radical (unpaired) electrons. The summed E-state index contributed by atoms with van der Waals surface area (Å²) in [6.07, 6.45) is 3.62. The van der Waals surface area contributed by atoms with Gasteiger partial charge in [0.05, 0.1) is 6.04 Å². The molecule has 2 aliphatic heterocycles. The van der Waals surface area contributed by atoms with Crippen LogP contribution >= 0.6 is 24.8 Å². The van der Waals surface area contributed by atoms with E-state index in [9.17, 15) is 4.79 Å². The molecule has 1 N–H and O–H groups in total. The van der Waals surface area contributed by atoms with Crippen LogP contribution in [0.5, 0.6) is 0 Å². The van der Waals surface area contributed by atoms with Crippen molar-refractivity contribution in [3.05, 3.63) is 0 Å². The highest BCUT2D eigenvalue weighted by atomic mass is 35.5. The second-order valence-corrected chi connectivity index (χ2v) is 6.36. The molecule has 2 heterocycles. The van der Waals surface area contributed by atoms with Gasteiger partial charge in [0.1, 0.15) is 0 Å². The van der Waals surface area contributed by atoms with Crippen molar-refractivity contribution in [1.82, 2.24) is 15.1 Å². The monoisotopic (exact) mass is 325 g/mol. The van der Waals surface area contributed by atoms with E-state index in [-0.39, 0.29) is 30.9 Å². The molecule has 3 atom stereocenters. The molecule has 120 valence electrons. The van der Waals surface area contributed by atoms with Crippen LogP contribution in [0.2, 0.25) is 0 Å². The number of fused-ring (bicyclic) bond motifs is 2. The Morgan fingerprint density at radius 2 is 1.75 bits per heavy atom. The molecule has 0 aromatic carbocycles. The zero-order valence-electron chi connectivity index (χ0n) is 13.0. The van der Waals surface area contributed by atoms with E-state index in [2.05, 4.69) is 29.0 Å². The highest BCUT2D eigenvalue weighted by Crippen LogP contribution is 2.22. The summed E-state index contributed by atoms with van der Waals surface area (Å²) < 4.78 is 0. The number of carbonyl (C=O) groups excluding carboxylic acids is 1. The van der Waals surface area contributed by atoms with Crippen LogP contribution in [0, 0.1) is 5.92 Å². The van der Waals surface area contributed by atoms with Crippen LogP contribution in [0.3, 0.4) is 0 Å². The predicted octanol–water partition coefficient (Wildman–Crippen LogP) is 1.77. The van der Waals surface area contributed by atoms with E-state index in [1.165, 1.54) is 12.8 Å². The number of hydrogen-bond acceptors (Lipinski definition) is 3. The third-order valence-corrected chi connectivity index (χ3v) is 4.28. The van der Waals surface area contributed by atoms with Crippen LogP contribution in [0.1, 0.15) is 33.1 Å². The lowest BCUT2D eigenvalue weighted by atomic mass is 10.0. The summed E-state index contributed by atoms with van der Waals surface area (Å²) in [5.74, 6) is 0.672. The average molecular weight is 326 g/mol. The number of hydrogen-bond donors (Lipinski definition) is 1. The van der Waals surface area contributed by atoms with Crippen LogP contribution in [0.4, 0.5) is 0 Å². The Morgan fingerprint density at radius 1 is 1.15 bits per heavy atom. The molecule has 6 heteroatoms. The lowest BCUT2D eigenvalue weighted by Gasteiger charge is -2.33. The molecule has 3 unspecified atom stereocenters.